The zero-order valence-corrected chi connectivity index (χ0v) is 14.8. The van der Waals surface area contributed by atoms with E-state index in [0.29, 0.717) is 5.78 Å². The predicted molar refractivity (Wildman–Crippen MR) is 89.9 cm³/mol. The Morgan fingerprint density at radius 3 is 2.14 bits per heavy atom. The van der Waals surface area contributed by atoms with Gasteiger partial charge in [0.15, 0.2) is 5.78 Å². The van der Waals surface area contributed by atoms with Crippen molar-refractivity contribution in [2.75, 3.05) is 13.1 Å². The van der Waals surface area contributed by atoms with E-state index in [9.17, 15) is 4.79 Å². The molecule has 3 heteroatoms. The van der Waals surface area contributed by atoms with Gasteiger partial charge in [-0.1, -0.05) is 13.8 Å². The number of carbonyl (C=O) groups is 1. The number of fused-ring (bicyclic) bond motifs is 1. The molecule has 4 rings (SSSR count). The number of likely N-dealkylation sites (N-methyl/N-ethyl adjacent to an activating group) is 1. The molecule has 21 heavy (non-hydrogen) atoms. The van der Waals surface area contributed by atoms with E-state index in [1.807, 2.05) is 0 Å². The summed E-state index contributed by atoms with van der Waals surface area (Å²) in [5.41, 5.74) is 0.0564. The van der Waals surface area contributed by atoms with Crippen LogP contribution in [0.15, 0.2) is 0 Å². The van der Waals surface area contributed by atoms with Crippen LogP contribution in [0.1, 0.15) is 65.7 Å². The number of hydrogen-bond donors (Lipinski definition) is 0. The Morgan fingerprint density at radius 2 is 1.62 bits per heavy atom. The van der Waals surface area contributed by atoms with Gasteiger partial charge in [-0.25, -0.2) is 0 Å². The van der Waals surface area contributed by atoms with Crippen molar-refractivity contribution >= 4 is 18.2 Å². The van der Waals surface area contributed by atoms with Crippen LogP contribution in [0.25, 0.3) is 0 Å². The normalized spacial score (nSPS) is 39.0. The van der Waals surface area contributed by atoms with E-state index in [1.165, 1.54) is 44.9 Å². The highest BCUT2D eigenvalue weighted by atomic mass is 35.5. The number of ketones is 1. The molecule has 0 aromatic rings. The van der Waals surface area contributed by atoms with E-state index < -0.39 is 0 Å². The molecular formula is C18H32ClNO. The fraction of sp³-hybridized carbons (Fsp3) is 0.944. The lowest BCUT2D eigenvalue weighted by Crippen LogP contribution is -2.49. The second-order valence-electron chi connectivity index (χ2n) is 7.79. The summed E-state index contributed by atoms with van der Waals surface area (Å²) in [6.45, 7) is 8.50. The number of Topliss-reactive ketones (excluding diaryl/α,β-unsaturated/α-hetero) is 1. The first kappa shape index (κ1) is 17.3. The standard InChI is InChI=1S/C18H31NO.ClH/c1-4-19(5-2)13(3)17(20)18-7-6-14-8-15(11-18)10-16(9-14)12-18;/h13-16H,4-12H2,1-3H3;1H. The van der Waals surface area contributed by atoms with Gasteiger partial charge in [0.25, 0.3) is 0 Å². The van der Waals surface area contributed by atoms with E-state index in [1.54, 1.807) is 0 Å². The van der Waals surface area contributed by atoms with Crippen LogP contribution in [-0.4, -0.2) is 29.8 Å². The molecule has 4 saturated carbocycles. The highest BCUT2D eigenvalue weighted by Gasteiger charge is 2.52. The molecular weight excluding hydrogens is 282 g/mol. The van der Waals surface area contributed by atoms with Crippen molar-refractivity contribution in [1.82, 2.24) is 4.90 Å². The zero-order chi connectivity index (χ0) is 14.3. The first-order valence-electron chi connectivity index (χ1n) is 8.86. The Balaban J connectivity index is 0.00000161. The predicted octanol–water partition coefficient (Wildman–Crippen LogP) is 4.31. The molecule has 0 aromatic heterocycles. The van der Waals surface area contributed by atoms with Crippen molar-refractivity contribution < 1.29 is 4.79 Å². The van der Waals surface area contributed by atoms with E-state index >= 15 is 0 Å². The highest BCUT2D eigenvalue weighted by molar-refractivity contribution is 5.89. The van der Waals surface area contributed by atoms with Crippen LogP contribution >= 0.6 is 12.4 Å². The van der Waals surface area contributed by atoms with Crippen LogP contribution in [0.4, 0.5) is 0 Å². The molecule has 122 valence electrons. The molecule has 4 bridgehead atoms. The first-order chi connectivity index (χ1) is 9.58. The average Bonchev–Trinajstić information content (AvgIpc) is 2.64. The molecule has 0 heterocycles. The second kappa shape index (κ2) is 6.58. The van der Waals surface area contributed by atoms with Crippen LogP contribution in [0, 0.1) is 23.2 Å². The lowest BCUT2D eigenvalue weighted by atomic mass is 9.59. The van der Waals surface area contributed by atoms with Crippen molar-refractivity contribution in [3.8, 4) is 0 Å². The van der Waals surface area contributed by atoms with Gasteiger partial charge in [-0.2, -0.15) is 0 Å². The van der Waals surface area contributed by atoms with Crippen LogP contribution in [-0.2, 0) is 4.79 Å². The molecule has 0 amide bonds. The molecule has 3 unspecified atom stereocenters. The zero-order valence-electron chi connectivity index (χ0n) is 13.9. The van der Waals surface area contributed by atoms with Crippen LogP contribution in [0.2, 0.25) is 0 Å². The van der Waals surface area contributed by atoms with Crippen LogP contribution in [0.3, 0.4) is 0 Å². The second-order valence-corrected chi connectivity index (χ2v) is 7.79. The fourth-order valence-corrected chi connectivity index (χ4v) is 5.85. The molecule has 3 atom stereocenters. The Labute approximate surface area is 136 Å². The summed E-state index contributed by atoms with van der Waals surface area (Å²) in [7, 11) is 0. The smallest absolute Gasteiger partial charge is 0.155 e. The third-order valence-corrected chi connectivity index (χ3v) is 6.65. The summed E-state index contributed by atoms with van der Waals surface area (Å²) in [4.78, 5) is 15.6. The molecule has 2 nitrogen and oxygen atoms in total. The van der Waals surface area contributed by atoms with Crippen molar-refractivity contribution in [2.45, 2.75) is 71.8 Å². The minimum absolute atomic E-state index is 0. The maximum atomic E-state index is 13.3. The molecule has 0 radical (unpaired) electrons. The van der Waals surface area contributed by atoms with E-state index in [-0.39, 0.29) is 23.9 Å². The topological polar surface area (TPSA) is 20.3 Å². The maximum absolute atomic E-state index is 13.3. The molecule has 0 aromatic carbocycles. The number of hydrogen-bond acceptors (Lipinski definition) is 2. The molecule has 0 saturated heterocycles. The molecule has 4 fully saturated rings. The van der Waals surface area contributed by atoms with Gasteiger partial charge in [-0.3, -0.25) is 9.69 Å². The van der Waals surface area contributed by atoms with Gasteiger partial charge < -0.3 is 0 Å². The Hall–Kier alpha value is -0.0800. The quantitative estimate of drug-likeness (QED) is 0.753. The van der Waals surface area contributed by atoms with Crippen LogP contribution in [0.5, 0.6) is 0 Å². The average molecular weight is 314 g/mol. The molecule has 4 aliphatic carbocycles. The Morgan fingerprint density at radius 1 is 1.10 bits per heavy atom. The van der Waals surface area contributed by atoms with Crippen LogP contribution < -0.4 is 0 Å². The number of rotatable bonds is 5. The number of halogens is 1. The summed E-state index contributed by atoms with van der Waals surface area (Å²) in [6, 6.07) is 0.124. The highest BCUT2D eigenvalue weighted by Crippen LogP contribution is 2.57. The minimum atomic E-state index is 0. The van der Waals surface area contributed by atoms with Crippen molar-refractivity contribution in [3.63, 3.8) is 0 Å². The van der Waals surface area contributed by atoms with E-state index in [4.69, 9.17) is 0 Å². The number of nitrogens with zero attached hydrogens (tertiary/aromatic N) is 1. The summed E-state index contributed by atoms with van der Waals surface area (Å²) in [5, 5.41) is 0. The third kappa shape index (κ3) is 3.03. The first-order valence-corrected chi connectivity index (χ1v) is 8.86. The lowest BCUT2D eigenvalue weighted by molar-refractivity contribution is -0.138. The van der Waals surface area contributed by atoms with E-state index in [2.05, 4.69) is 25.7 Å². The minimum Gasteiger partial charge on any atom is -0.297 e. The summed E-state index contributed by atoms with van der Waals surface area (Å²) in [5.74, 6) is 3.25. The SMILES string of the molecule is CCN(CC)C(C)C(=O)C12CCC3CC(CC(C3)C1)C2.Cl. The van der Waals surface area contributed by atoms with Gasteiger partial charge in [0.05, 0.1) is 6.04 Å². The third-order valence-electron chi connectivity index (χ3n) is 6.65. The Kier molecular flexibility index (Phi) is 5.41. The van der Waals surface area contributed by atoms with Gasteiger partial charge in [0, 0.05) is 5.41 Å². The van der Waals surface area contributed by atoms with Crippen molar-refractivity contribution in [3.05, 3.63) is 0 Å². The van der Waals surface area contributed by atoms with Gasteiger partial charge in [0.1, 0.15) is 0 Å². The van der Waals surface area contributed by atoms with Crippen molar-refractivity contribution in [1.29, 1.82) is 0 Å². The summed E-state index contributed by atoms with van der Waals surface area (Å²) < 4.78 is 0. The van der Waals surface area contributed by atoms with Gasteiger partial charge in [-0.15, -0.1) is 12.4 Å². The molecule has 0 aliphatic heterocycles. The van der Waals surface area contributed by atoms with Gasteiger partial charge in [0.2, 0.25) is 0 Å². The molecule has 0 N–H and O–H groups in total. The fourth-order valence-electron chi connectivity index (χ4n) is 5.85. The summed E-state index contributed by atoms with van der Waals surface area (Å²) in [6.07, 6.45) is 9.20. The van der Waals surface area contributed by atoms with Gasteiger partial charge in [-0.05, 0) is 82.7 Å². The maximum Gasteiger partial charge on any atom is 0.155 e. The number of carbonyl (C=O) groups excluding carboxylic acids is 1. The Bertz CT molecular complexity index is 365. The van der Waals surface area contributed by atoms with E-state index in [0.717, 1.165) is 30.8 Å². The molecule has 4 aliphatic rings. The largest absolute Gasteiger partial charge is 0.297 e. The van der Waals surface area contributed by atoms with Crippen molar-refractivity contribution in [2.24, 2.45) is 23.2 Å². The van der Waals surface area contributed by atoms with Gasteiger partial charge >= 0.3 is 0 Å². The monoisotopic (exact) mass is 313 g/mol. The lowest BCUT2D eigenvalue weighted by Gasteiger charge is -2.46. The summed E-state index contributed by atoms with van der Waals surface area (Å²) >= 11 is 0. The molecule has 0 spiro atoms.